The van der Waals surface area contributed by atoms with Crippen LogP contribution < -0.4 is 10.2 Å². The zero-order valence-electron chi connectivity index (χ0n) is 13.8. The number of imidazole rings is 1. The number of carbonyl (C=O) groups excluding carboxylic acids is 1. The van der Waals surface area contributed by atoms with Gasteiger partial charge in [-0.2, -0.15) is 0 Å². The van der Waals surface area contributed by atoms with Crippen LogP contribution in [0.4, 0.5) is 10.5 Å². The number of H-pyrrole nitrogens is 1. The number of urea groups is 1. The van der Waals surface area contributed by atoms with Crippen molar-refractivity contribution in [1.29, 1.82) is 0 Å². The van der Waals surface area contributed by atoms with Gasteiger partial charge in [0.1, 0.15) is 5.52 Å². The van der Waals surface area contributed by atoms with Crippen molar-refractivity contribution >= 4 is 39.6 Å². The summed E-state index contributed by atoms with van der Waals surface area (Å²) in [7, 11) is 1.65. The standard InChI is InChI=1S/C17H14N8O/c1-18-15-16(25-14-5-3-2-4-12(14)22-23-25)21-17(26)24(15)10-6-7-11-13(8-10)20-9-19-11/h2-9,16H,1H3,(H,19,20)(H,21,26). The summed E-state index contributed by atoms with van der Waals surface area (Å²) in [6.07, 6.45) is 1.09. The predicted octanol–water partition coefficient (Wildman–Crippen LogP) is 2.06. The van der Waals surface area contributed by atoms with Crippen LogP contribution in [0.25, 0.3) is 22.1 Å². The number of benzene rings is 2. The quantitative estimate of drug-likeness (QED) is 0.580. The lowest BCUT2D eigenvalue weighted by Crippen LogP contribution is -2.31. The molecule has 9 nitrogen and oxygen atoms in total. The minimum absolute atomic E-state index is 0.273. The van der Waals surface area contributed by atoms with E-state index >= 15 is 0 Å². The Hall–Kier alpha value is -3.75. The average molecular weight is 346 g/mol. The summed E-state index contributed by atoms with van der Waals surface area (Å²) in [5.74, 6) is 0.542. The van der Waals surface area contributed by atoms with Gasteiger partial charge in [-0.05, 0) is 30.3 Å². The maximum absolute atomic E-state index is 12.7. The van der Waals surface area contributed by atoms with Gasteiger partial charge in [0.25, 0.3) is 0 Å². The zero-order chi connectivity index (χ0) is 17.7. The molecule has 3 heterocycles. The summed E-state index contributed by atoms with van der Waals surface area (Å²) in [6, 6.07) is 12.9. The molecule has 5 rings (SSSR count). The lowest BCUT2D eigenvalue weighted by atomic mass is 10.2. The first-order chi connectivity index (χ1) is 12.8. The van der Waals surface area contributed by atoms with Gasteiger partial charge in [-0.3, -0.25) is 4.99 Å². The average Bonchev–Trinajstić information content (AvgIpc) is 3.36. The van der Waals surface area contributed by atoms with Crippen LogP contribution in [-0.4, -0.2) is 43.9 Å². The van der Waals surface area contributed by atoms with Crippen molar-refractivity contribution < 1.29 is 4.79 Å². The van der Waals surface area contributed by atoms with Crippen LogP contribution >= 0.6 is 0 Å². The molecule has 0 radical (unpaired) electrons. The van der Waals surface area contributed by atoms with Gasteiger partial charge in [0.2, 0.25) is 0 Å². The molecular formula is C17H14N8O. The number of rotatable bonds is 2. The van der Waals surface area contributed by atoms with Crippen LogP contribution in [-0.2, 0) is 0 Å². The number of nitrogens with one attached hydrogen (secondary N) is 2. The van der Waals surface area contributed by atoms with Gasteiger partial charge in [-0.1, -0.05) is 17.3 Å². The molecule has 1 unspecified atom stereocenters. The molecule has 26 heavy (non-hydrogen) atoms. The van der Waals surface area contributed by atoms with Crippen LogP contribution in [0.3, 0.4) is 0 Å². The Balaban J connectivity index is 1.61. The molecule has 4 aromatic rings. The van der Waals surface area contributed by atoms with Gasteiger partial charge < -0.3 is 10.3 Å². The molecule has 1 atom stereocenters. The van der Waals surface area contributed by atoms with E-state index < -0.39 is 6.17 Å². The molecule has 0 bridgehead atoms. The van der Waals surface area contributed by atoms with E-state index in [1.807, 2.05) is 42.5 Å². The minimum atomic E-state index is -0.533. The van der Waals surface area contributed by atoms with E-state index in [9.17, 15) is 4.79 Å². The molecule has 1 fully saturated rings. The van der Waals surface area contributed by atoms with E-state index in [4.69, 9.17) is 0 Å². The van der Waals surface area contributed by atoms with Gasteiger partial charge in [0.05, 0.1) is 28.6 Å². The number of aromatic amines is 1. The van der Waals surface area contributed by atoms with Gasteiger partial charge in [0.15, 0.2) is 12.0 Å². The maximum Gasteiger partial charge on any atom is 0.329 e. The third-order valence-electron chi connectivity index (χ3n) is 4.45. The topological polar surface area (TPSA) is 104 Å². The van der Waals surface area contributed by atoms with Gasteiger partial charge >= 0.3 is 6.03 Å². The fraction of sp³-hybridized carbons (Fsp3) is 0.118. The Morgan fingerprint density at radius 3 is 2.92 bits per heavy atom. The van der Waals surface area contributed by atoms with Crippen LogP contribution in [0.1, 0.15) is 6.17 Å². The molecular weight excluding hydrogens is 332 g/mol. The highest BCUT2D eigenvalue weighted by Gasteiger charge is 2.39. The van der Waals surface area contributed by atoms with Crippen LogP contribution in [0.2, 0.25) is 0 Å². The molecule has 0 spiro atoms. The normalized spacial score (nSPS) is 19.0. The highest BCUT2D eigenvalue weighted by atomic mass is 16.2. The summed E-state index contributed by atoms with van der Waals surface area (Å²) >= 11 is 0. The number of amides is 2. The smallest absolute Gasteiger partial charge is 0.329 e. The second kappa shape index (κ2) is 5.38. The number of hydrogen-bond acceptors (Lipinski definition) is 5. The predicted molar refractivity (Wildman–Crippen MR) is 97.0 cm³/mol. The van der Waals surface area contributed by atoms with E-state index in [1.165, 1.54) is 4.90 Å². The summed E-state index contributed by atoms with van der Waals surface area (Å²) in [5.41, 5.74) is 3.95. The van der Waals surface area contributed by atoms with Crippen molar-refractivity contribution in [2.24, 2.45) is 4.99 Å². The van der Waals surface area contributed by atoms with Crippen molar-refractivity contribution in [1.82, 2.24) is 30.3 Å². The number of hydrogen-bond donors (Lipinski definition) is 2. The van der Waals surface area contributed by atoms with Gasteiger partial charge in [-0.25, -0.2) is 19.4 Å². The van der Waals surface area contributed by atoms with Crippen molar-refractivity contribution in [3.63, 3.8) is 0 Å². The van der Waals surface area contributed by atoms with Crippen LogP contribution in [0.5, 0.6) is 0 Å². The number of nitrogens with zero attached hydrogens (tertiary/aromatic N) is 6. The Kier molecular flexibility index (Phi) is 3.02. The fourth-order valence-electron chi connectivity index (χ4n) is 3.25. The second-order valence-corrected chi connectivity index (χ2v) is 5.90. The number of aromatic nitrogens is 5. The van der Waals surface area contributed by atoms with E-state index in [1.54, 1.807) is 18.1 Å². The Labute approximate surface area is 147 Å². The molecule has 2 aromatic heterocycles. The molecule has 0 saturated carbocycles. The van der Waals surface area contributed by atoms with E-state index in [-0.39, 0.29) is 6.03 Å². The fourth-order valence-corrected chi connectivity index (χ4v) is 3.25. The highest BCUT2D eigenvalue weighted by Crippen LogP contribution is 2.28. The molecule has 2 N–H and O–H groups in total. The number of para-hydroxylation sites is 1. The Bertz CT molecular complexity index is 1170. The Morgan fingerprint density at radius 2 is 2.04 bits per heavy atom. The second-order valence-electron chi connectivity index (χ2n) is 5.90. The van der Waals surface area contributed by atoms with Crippen LogP contribution in [0.15, 0.2) is 53.8 Å². The SMILES string of the molecule is CN=C1C(n2nnc3ccccc32)NC(=O)N1c1ccc2[nH]cnc2c1. The largest absolute Gasteiger partial charge is 0.345 e. The lowest BCUT2D eigenvalue weighted by Gasteiger charge is -2.17. The number of aliphatic imine (C=N–C) groups is 1. The van der Waals surface area contributed by atoms with Crippen LogP contribution in [0, 0.1) is 0 Å². The van der Waals surface area contributed by atoms with E-state index in [0.29, 0.717) is 11.5 Å². The summed E-state index contributed by atoms with van der Waals surface area (Å²) < 4.78 is 1.67. The molecule has 1 aliphatic rings. The first-order valence-corrected chi connectivity index (χ1v) is 8.06. The van der Waals surface area contributed by atoms with Crippen molar-refractivity contribution in [3.05, 3.63) is 48.8 Å². The molecule has 2 aromatic carbocycles. The van der Waals surface area contributed by atoms with Crippen molar-refractivity contribution in [2.45, 2.75) is 6.17 Å². The summed E-state index contributed by atoms with van der Waals surface area (Å²) in [5, 5.41) is 11.3. The Morgan fingerprint density at radius 1 is 1.15 bits per heavy atom. The maximum atomic E-state index is 12.7. The minimum Gasteiger partial charge on any atom is -0.345 e. The molecule has 1 saturated heterocycles. The molecule has 9 heteroatoms. The third-order valence-corrected chi connectivity index (χ3v) is 4.45. The van der Waals surface area contributed by atoms with E-state index in [0.717, 1.165) is 22.1 Å². The summed E-state index contributed by atoms with van der Waals surface area (Å²) in [4.78, 5) is 25.9. The third kappa shape index (κ3) is 2.00. The van der Waals surface area contributed by atoms with E-state index in [2.05, 4.69) is 30.6 Å². The lowest BCUT2D eigenvalue weighted by molar-refractivity contribution is 0.249. The highest BCUT2D eigenvalue weighted by molar-refractivity contribution is 6.23. The first kappa shape index (κ1) is 14.6. The monoisotopic (exact) mass is 346 g/mol. The molecule has 128 valence electrons. The molecule has 1 aliphatic heterocycles. The van der Waals surface area contributed by atoms with Crippen molar-refractivity contribution in [3.8, 4) is 0 Å². The van der Waals surface area contributed by atoms with Crippen molar-refractivity contribution in [2.75, 3.05) is 11.9 Å². The first-order valence-electron chi connectivity index (χ1n) is 8.06. The van der Waals surface area contributed by atoms with Gasteiger partial charge in [-0.15, -0.1) is 5.10 Å². The number of fused-ring (bicyclic) bond motifs is 2. The molecule has 2 amide bonds. The zero-order valence-corrected chi connectivity index (χ0v) is 13.8. The summed E-state index contributed by atoms with van der Waals surface area (Å²) in [6.45, 7) is 0. The van der Waals surface area contributed by atoms with Gasteiger partial charge in [0, 0.05) is 7.05 Å². The molecule has 0 aliphatic carbocycles. The number of anilines is 1. The number of amidine groups is 1. The number of carbonyl (C=O) groups is 1.